The molecule has 0 aliphatic carbocycles. The zero-order chi connectivity index (χ0) is 16.4. The second-order valence-electron chi connectivity index (χ2n) is 4.82. The van der Waals surface area contributed by atoms with Crippen LogP contribution in [0.25, 0.3) is 5.69 Å². The molecule has 0 bridgehead atoms. The van der Waals surface area contributed by atoms with Gasteiger partial charge in [-0.25, -0.2) is 17.8 Å². The molecule has 0 amide bonds. The first-order valence-electron chi connectivity index (χ1n) is 6.66. The van der Waals surface area contributed by atoms with Gasteiger partial charge < -0.3 is 0 Å². The number of halogens is 1. The highest BCUT2D eigenvalue weighted by Gasteiger charge is 2.18. The summed E-state index contributed by atoms with van der Waals surface area (Å²) < 4.78 is 28.9. The molecule has 0 radical (unpaired) electrons. The molecule has 0 saturated carbocycles. The predicted molar refractivity (Wildman–Crippen MR) is 89.5 cm³/mol. The molecule has 9 heteroatoms. The minimum absolute atomic E-state index is 0.0540. The number of nitrogens with one attached hydrogen (secondary N) is 1. The third kappa shape index (κ3) is 3.45. The molecule has 2 heterocycles. The first kappa shape index (κ1) is 16.1. The standard InChI is InChI=1S/C14H13ClN4O2S2/c1-10-13(15)3-2-4-14(10)23(20,21)16-7-11-8-19(18-17-11)12-5-6-22-9-12/h2-6,8-9,16H,7H2,1H3. The van der Waals surface area contributed by atoms with Crippen molar-refractivity contribution in [2.24, 2.45) is 0 Å². The van der Waals surface area contributed by atoms with Crippen LogP contribution in [-0.2, 0) is 16.6 Å². The van der Waals surface area contributed by atoms with Gasteiger partial charge in [-0.05, 0) is 36.1 Å². The molecule has 0 aliphatic heterocycles. The van der Waals surface area contributed by atoms with Gasteiger partial charge in [0.15, 0.2) is 0 Å². The Morgan fingerprint density at radius 1 is 1.35 bits per heavy atom. The molecule has 0 fully saturated rings. The quantitative estimate of drug-likeness (QED) is 0.751. The third-order valence-electron chi connectivity index (χ3n) is 3.26. The molecule has 120 valence electrons. The van der Waals surface area contributed by atoms with Gasteiger partial charge in [0.05, 0.1) is 29.0 Å². The van der Waals surface area contributed by atoms with Gasteiger partial charge in [0.25, 0.3) is 0 Å². The highest BCUT2D eigenvalue weighted by atomic mass is 35.5. The summed E-state index contributed by atoms with van der Waals surface area (Å²) in [6.07, 6.45) is 1.69. The Hall–Kier alpha value is -1.74. The normalized spacial score (nSPS) is 11.7. The SMILES string of the molecule is Cc1c(Cl)cccc1S(=O)(=O)NCc1cn(-c2ccsc2)nn1. The maximum atomic E-state index is 12.4. The van der Waals surface area contributed by atoms with Crippen molar-refractivity contribution in [3.05, 3.63) is 57.5 Å². The van der Waals surface area contributed by atoms with Crippen molar-refractivity contribution in [2.75, 3.05) is 0 Å². The molecule has 1 aromatic carbocycles. The summed E-state index contributed by atoms with van der Waals surface area (Å²) in [4.78, 5) is 0.162. The van der Waals surface area contributed by atoms with E-state index in [0.29, 0.717) is 16.3 Å². The van der Waals surface area contributed by atoms with Crippen LogP contribution in [0.2, 0.25) is 5.02 Å². The van der Waals surface area contributed by atoms with Crippen molar-refractivity contribution >= 4 is 33.0 Å². The van der Waals surface area contributed by atoms with E-state index in [4.69, 9.17) is 11.6 Å². The van der Waals surface area contributed by atoms with Crippen LogP contribution in [0.5, 0.6) is 0 Å². The van der Waals surface area contributed by atoms with Crippen molar-refractivity contribution in [1.29, 1.82) is 0 Å². The largest absolute Gasteiger partial charge is 0.241 e. The van der Waals surface area contributed by atoms with Crippen molar-refractivity contribution < 1.29 is 8.42 Å². The van der Waals surface area contributed by atoms with E-state index in [9.17, 15) is 8.42 Å². The lowest BCUT2D eigenvalue weighted by molar-refractivity contribution is 0.579. The lowest BCUT2D eigenvalue weighted by Gasteiger charge is -2.09. The van der Waals surface area contributed by atoms with Gasteiger partial charge in [-0.2, -0.15) is 11.3 Å². The number of benzene rings is 1. The minimum Gasteiger partial charge on any atom is -0.220 e. The van der Waals surface area contributed by atoms with Crippen LogP contribution in [0.3, 0.4) is 0 Å². The average molecular weight is 369 g/mol. The summed E-state index contributed by atoms with van der Waals surface area (Å²) in [6, 6.07) is 6.69. The lowest BCUT2D eigenvalue weighted by atomic mass is 10.2. The first-order chi connectivity index (χ1) is 11.0. The lowest BCUT2D eigenvalue weighted by Crippen LogP contribution is -2.24. The van der Waals surface area contributed by atoms with Gasteiger partial charge in [0.1, 0.15) is 0 Å². The van der Waals surface area contributed by atoms with E-state index in [-0.39, 0.29) is 11.4 Å². The topological polar surface area (TPSA) is 76.9 Å². The number of thiophene rings is 1. The molecule has 2 aromatic heterocycles. The number of nitrogens with zero attached hydrogens (tertiary/aromatic N) is 3. The Morgan fingerprint density at radius 3 is 2.91 bits per heavy atom. The van der Waals surface area contributed by atoms with E-state index in [1.54, 1.807) is 41.3 Å². The number of sulfonamides is 1. The number of aromatic nitrogens is 3. The van der Waals surface area contributed by atoms with Gasteiger partial charge in [-0.15, -0.1) is 5.10 Å². The summed E-state index contributed by atoms with van der Waals surface area (Å²) in [7, 11) is -3.67. The maximum absolute atomic E-state index is 12.4. The van der Waals surface area contributed by atoms with E-state index in [1.165, 1.54) is 6.07 Å². The highest BCUT2D eigenvalue weighted by Crippen LogP contribution is 2.22. The zero-order valence-corrected chi connectivity index (χ0v) is 14.5. The number of hydrogen-bond acceptors (Lipinski definition) is 5. The summed E-state index contributed by atoms with van der Waals surface area (Å²) in [6.45, 7) is 1.72. The first-order valence-corrected chi connectivity index (χ1v) is 9.46. The van der Waals surface area contributed by atoms with Gasteiger partial charge >= 0.3 is 0 Å². The van der Waals surface area contributed by atoms with Crippen molar-refractivity contribution in [3.8, 4) is 5.69 Å². The monoisotopic (exact) mass is 368 g/mol. The van der Waals surface area contributed by atoms with Crippen LogP contribution in [0.1, 0.15) is 11.3 Å². The van der Waals surface area contributed by atoms with Gasteiger partial charge in [-0.3, -0.25) is 0 Å². The van der Waals surface area contributed by atoms with Gasteiger partial charge in [-0.1, -0.05) is 22.9 Å². The van der Waals surface area contributed by atoms with E-state index in [1.807, 2.05) is 16.8 Å². The van der Waals surface area contributed by atoms with Crippen LogP contribution in [0.15, 0.2) is 46.1 Å². The molecule has 3 aromatic rings. The van der Waals surface area contributed by atoms with E-state index in [2.05, 4.69) is 15.0 Å². The van der Waals surface area contributed by atoms with Crippen LogP contribution in [0.4, 0.5) is 0 Å². The molecule has 23 heavy (non-hydrogen) atoms. The van der Waals surface area contributed by atoms with Crippen LogP contribution >= 0.6 is 22.9 Å². The molecule has 0 atom stereocenters. The second kappa shape index (κ2) is 6.40. The van der Waals surface area contributed by atoms with Crippen LogP contribution in [0, 0.1) is 6.92 Å². The summed E-state index contributed by atoms with van der Waals surface area (Å²) in [5.41, 5.74) is 1.94. The molecular formula is C14H13ClN4O2S2. The van der Waals surface area contributed by atoms with Crippen molar-refractivity contribution in [2.45, 2.75) is 18.4 Å². The summed E-state index contributed by atoms with van der Waals surface area (Å²) >= 11 is 7.53. The molecular weight excluding hydrogens is 356 g/mol. The molecule has 6 nitrogen and oxygen atoms in total. The molecule has 3 rings (SSSR count). The second-order valence-corrected chi connectivity index (χ2v) is 7.75. The fourth-order valence-electron chi connectivity index (χ4n) is 2.02. The Balaban J connectivity index is 1.76. The highest BCUT2D eigenvalue weighted by molar-refractivity contribution is 7.89. The van der Waals surface area contributed by atoms with E-state index in [0.717, 1.165) is 5.69 Å². The minimum atomic E-state index is -3.67. The Bertz CT molecular complexity index is 920. The Kier molecular flexibility index (Phi) is 4.49. The van der Waals surface area contributed by atoms with Gasteiger partial charge in [0.2, 0.25) is 10.0 Å². The zero-order valence-electron chi connectivity index (χ0n) is 12.1. The number of rotatable bonds is 5. The molecule has 0 unspecified atom stereocenters. The summed E-state index contributed by atoms with van der Waals surface area (Å²) in [5.74, 6) is 0. The predicted octanol–water partition coefficient (Wildman–Crippen LogP) is 2.77. The fraction of sp³-hybridized carbons (Fsp3) is 0.143. The third-order valence-corrected chi connectivity index (χ3v) is 5.89. The fourth-order valence-corrected chi connectivity index (χ4v) is 4.14. The number of hydrogen-bond donors (Lipinski definition) is 1. The molecule has 0 aliphatic rings. The Morgan fingerprint density at radius 2 is 2.17 bits per heavy atom. The van der Waals surface area contributed by atoms with E-state index >= 15 is 0 Å². The smallest absolute Gasteiger partial charge is 0.220 e. The van der Waals surface area contributed by atoms with Crippen molar-refractivity contribution in [3.63, 3.8) is 0 Å². The van der Waals surface area contributed by atoms with E-state index < -0.39 is 10.0 Å². The molecule has 0 spiro atoms. The van der Waals surface area contributed by atoms with Crippen LogP contribution < -0.4 is 4.72 Å². The van der Waals surface area contributed by atoms with Crippen molar-refractivity contribution in [1.82, 2.24) is 19.7 Å². The average Bonchev–Trinajstić information content (AvgIpc) is 3.18. The summed E-state index contributed by atoms with van der Waals surface area (Å²) in [5, 5.41) is 12.2. The maximum Gasteiger partial charge on any atom is 0.241 e. The molecule has 0 saturated heterocycles. The van der Waals surface area contributed by atoms with Crippen LogP contribution in [-0.4, -0.2) is 23.4 Å². The molecule has 1 N–H and O–H groups in total. The Labute approximate surface area is 142 Å². The van der Waals surface area contributed by atoms with Gasteiger partial charge in [0, 0.05) is 10.4 Å².